The Balaban J connectivity index is 1.79. The van der Waals surface area contributed by atoms with Crippen molar-refractivity contribution in [3.63, 3.8) is 0 Å². The zero-order chi connectivity index (χ0) is 21.3. The Morgan fingerprint density at radius 3 is 2.67 bits per heavy atom. The van der Waals surface area contributed by atoms with Crippen molar-refractivity contribution in [3.05, 3.63) is 52.4 Å². The molecule has 0 saturated carbocycles. The number of aromatic nitrogens is 4. The number of ether oxygens (including phenoxy) is 2. The summed E-state index contributed by atoms with van der Waals surface area (Å²) in [6.07, 6.45) is 0.858. The molecule has 4 rings (SSSR count). The quantitative estimate of drug-likeness (QED) is 0.480. The highest BCUT2D eigenvalue weighted by atomic mass is 16.5. The molecule has 0 N–H and O–H groups in total. The van der Waals surface area contributed by atoms with Crippen LogP contribution in [0.15, 0.2) is 45.7 Å². The molecular formula is C22H22N4O4. The first-order chi connectivity index (χ1) is 14.6. The molecule has 2 aromatic heterocycles. The highest BCUT2D eigenvalue weighted by Crippen LogP contribution is 2.37. The zero-order valence-electron chi connectivity index (χ0n) is 17.3. The number of rotatable bonds is 6. The van der Waals surface area contributed by atoms with Gasteiger partial charge in [-0.2, -0.15) is 4.98 Å². The minimum Gasteiger partial charge on any atom is -0.493 e. The van der Waals surface area contributed by atoms with E-state index < -0.39 is 0 Å². The lowest BCUT2D eigenvalue weighted by atomic mass is 10.1. The molecule has 0 aliphatic carbocycles. The molecule has 0 unspecified atom stereocenters. The smallest absolute Gasteiger partial charge is 0.272 e. The van der Waals surface area contributed by atoms with Crippen molar-refractivity contribution in [3.8, 4) is 34.3 Å². The van der Waals surface area contributed by atoms with E-state index in [0.29, 0.717) is 46.5 Å². The van der Waals surface area contributed by atoms with Crippen molar-refractivity contribution in [1.29, 1.82) is 0 Å². The molecule has 0 radical (unpaired) electrons. The summed E-state index contributed by atoms with van der Waals surface area (Å²) in [6.45, 7) is 4.40. The number of para-hydroxylation sites is 1. The van der Waals surface area contributed by atoms with Crippen LogP contribution in [0.2, 0.25) is 0 Å². The molecule has 8 heteroatoms. The van der Waals surface area contributed by atoms with Gasteiger partial charge in [-0.3, -0.25) is 4.79 Å². The molecule has 2 aromatic carbocycles. The van der Waals surface area contributed by atoms with Gasteiger partial charge in [-0.15, -0.1) is 0 Å². The average molecular weight is 406 g/mol. The largest absolute Gasteiger partial charge is 0.493 e. The fourth-order valence-corrected chi connectivity index (χ4v) is 3.46. The number of hydrogen-bond donors (Lipinski definition) is 0. The van der Waals surface area contributed by atoms with Crippen molar-refractivity contribution in [2.24, 2.45) is 0 Å². The molecule has 0 bridgehead atoms. The first-order valence-corrected chi connectivity index (χ1v) is 9.64. The summed E-state index contributed by atoms with van der Waals surface area (Å²) < 4.78 is 18.0. The first-order valence-electron chi connectivity index (χ1n) is 9.64. The van der Waals surface area contributed by atoms with E-state index in [1.807, 2.05) is 37.3 Å². The van der Waals surface area contributed by atoms with Gasteiger partial charge in [0.1, 0.15) is 5.69 Å². The van der Waals surface area contributed by atoms with Crippen molar-refractivity contribution in [2.75, 3.05) is 14.2 Å². The fourth-order valence-electron chi connectivity index (χ4n) is 3.46. The second kappa shape index (κ2) is 7.98. The summed E-state index contributed by atoms with van der Waals surface area (Å²) in [5, 5.41) is 4.12. The van der Waals surface area contributed by atoms with Gasteiger partial charge in [0, 0.05) is 12.1 Å². The van der Waals surface area contributed by atoms with E-state index >= 15 is 0 Å². The van der Waals surface area contributed by atoms with E-state index in [9.17, 15) is 4.79 Å². The second-order valence-corrected chi connectivity index (χ2v) is 6.82. The maximum atomic E-state index is 12.4. The normalized spacial score (nSPS) is 11.1. The van der Waals surface area contributed by atoms with Crippen LogP contribution < -0.4 is 15.0 Å². The van der Waals surface area contributed by atoms with Gasteiger partial charge in [-0.05, 0) is 43.7 Å². The third kappa shape index (κ3) is 3.30. The highest BCUT2D eigenvalue weighted by Gasteiger charge is 2.18. The van der Waals surface area contributed by atoms with Crippen molar-refractivity contribution < 1.29 is 14.0 Å². The molecule has 0 saturated heterocycles. The third-order valence-electron chi connectivity index (χ3n) is 4.87. The first kappa shape index (κ1) is 19.6. The summed E-state index contributed by atoms with van der Waals surface area (Å²) in [7, 11) is 3.13. The lowest BCUT2D eigenvalue weighted by molar-refractivity contribution is 0.353. The molecular weight excluding hydrogens is 384 g/mol. The van der Waals surface area contributed by atoms with Crippen LogP contribution in [0.3, 0.4) is 0 Å². The fraction of sp³-hybridized carbons (Fsp3) is 0.273. The van der Waals surface area contributed by atoms with Gasteiger partial charge < -0.3 is 18.6 Å². The monoisotopic (exact) mass is 406 g/mol. The van der Waals surface area contributed by atoms with E-state index in [4.69, 9.17) is 14.0 Å². The summed E-state index contributed by atoms with van der Waals surface area (Å²) >= 11 is 0. The van der Waals surface area contributed by atoms with Crippen LogP contribution in [-0.2, 0) is 6.54 Å². The van der Waals surface area contributed by atoms with Gasteiger partial charge in [-0.25, -0.2) is 4.98 Å². The zero-order valence-corrected chi connectivity index (χ0v) is 17.3. The standard InChI is InChI=1S/C22H22N4O4/c1-5-11-26-17-10-9-14(12-16(17)23-13(2)22(26)27)20-24-21(30-25-20)15-7-6-8-18(28-3)19(15)29-4/h6-10,12H,5,11H2,1-4H3. The molecule has 0 aliphatic rings. The summed E-state index contributed by atoms with van der Waals surface area (Å²) in [4.78, 5) is 21.4. The maximum absolute atomic E-state index is 12.4. The minimum atomic E-state index is -0.0657. The lowest BCUT2D eigenvalue weighted by Crippen LogP contribution is -2.24. The molecule has 0 atom stereocenters. The molecule has 4 aromatic rings. The lowest BCUT2D eigenvalue weighted by Gasteiger charge is -2.10. The van der Waals surface area contributed by atoms with Gasteiger partial charge in [0.2, 0.25) is 5.82 Å². The van der Waals surface area contributed by atoms with Gasteiger partial charge in [0.15, 0.2) is 11.5 Å². The van der Waals surface area contributed by atoms with Crippen LogP contribution in [0, 0.1) is 6.92 Å². The SMILES string of the molecule is CCCn1c(=O)c(C)nc2cc(-c3noc(-c4cccc(OC)c4OC)n3)ccc21. The van der Waals surface area contributed by atoms with Crippen molar-refractivity contribution in [1.82, 2.24) is 19.7 Å². The van der Waals surface area contributed by atoms with Crippen LogP contribution >= 0.6 is 0 Å². The number of methoxy groups -OCH3 is 2. The Morgan fingerprint density at radius 1 is 1.10 bits per heavy atom. The number of fused-ring (bicyclic) bond motifs is 1. The van der Waals surface area contributed by atoms with Gasteiger partial charge in [0.05, 0.1) is 30.8 Å². The van der Waals surface area contributed by atoms with Crippen LogP contribution in [-0.4, -0.2) is 33.9 Å². The molecule has 8 nitrogen and oxygen atoms in total. The number of nitrogens with zero attached hydrogens (tertiary/aromatic N) is 4. The topological polar surface area (TPSA) is 92.3 Å². The molecule has 2 heterocycles. The summed E-state index contributed by atoms with van der Waals surface area (Å²) in [5.74, 6) is 1.84. The molecule has 154 valence electrons. The van der Waals surface area contributed by atoms with Crippen LogP contribution in [0.25, 0.3) is 33.9 Å². The third-order valence-corrected chi connectivity index (χ3v) is 4.87. The van der Waals surface area contributed by atoms with Gasteiger partial charge in [0.25, 0.3) is 11.4 Å². The Labute approximate surface area is 173 Å². The number of aryl methyl sites for hydroxylation is 2. The molecule has 0 fully saturated rings. The number of benzene rings is 2. The van der Waals surface area contributed by atoms with E-state index in [2.05, 4.69) is 15.1 Å². The predicted octanol–water partition coefficient (Wildman–Crippen LogP) is 3.85. The molecule has 30 heavy (non-hydrogen) atoms. The molecule has 0 spiro atoms. The van der Waals surface area contributed by atoms with E-state index in [0.717, 1.165) is 17.5 Å². The van der Waals surface area contributed by atoms with E-state index in [-0.39, 0.29) is 5.56 Å². The Morgan fingerprint density at radius 2 is 1.93 bits per heavy atom. The van der Waals surface area contributed by atoms with E-state index in [1.54, 1.807) is 31.8 Å². The highest BCUT2D eigenvalue weighted by molar-refractivity contribution is 5.80. The van der Waals surface area contributed by atoms with E-state index in [1.165, 1.54) is 0 Å². The maximum Gasteiger partial charge on any atom is 0.272 e. The Kier molecular flexibility index (Phi) is 5.22. The van der Waals surface area contributed by atoms with Crippen LogP contribution in [0.5, 0.6) is 11.5 Å². The van der Waals surface area contributed by atoms with Crippen molar-refractivity contribution >= 4 is 11.0 Å². The summed E-state index contributed by atoms with van der Waals surface area (Å²) in [6, 6.07) is 11.1. The minimum absolute atomic E-state index is 0.0657. The summed E-state index contributed by atoms with van der Waals surface area (Å²) in [5.41, 5.74) is 3.28. The van der Waals surface area contributed by atoms with Crippen LogP contribution in [0.4, 0.5) is 0 Å². The van der Waals surface area contributed by atoms with Gasteiger partial charge >= 0.3 is 0 Å². The number of hydrogen-bond acceptors (Lipinski definition) is 7. The van der Waals surface area contributed by atoms with Crippen LogP contribution in [0.1, 0.15) is 19.0 Å². The van der Waals surface area contributed by atoms with Crippen molar-refractivity contribution in [2.45, 2.75) is 26.8 Å². The Bertz CT molecular complexity index is 1280. The predicted molar refractivity (Wildman–Crippen MR) is 113 cm³/mol. The Hall–Kier alpha value is -3.68. The average Bonchev–Trinajstić information content (AvgIpc) is 3.26. The second-order valence-electron chi connectivity index (χ2n) is 6.82. The molecule has 0 amide bonds. The molecule has 0 aliphatic heterocycles. The van der Waals surface area contributed by atoms with Gasteiger partial charge in [-0.1, -0.05) is 18.1 Å².